The third-order valence-corrected chi connectivity index (χ3v) is 4.92. The smallest absolute Gasteiger partial charge is 0.420 e. The number of amides is 1. The number of hydrogen-bond donors (Lipinski definition) is 1. The van der Waals surface area contributed by atoms with E-state index in [1.807, 2.05) is 24.3 Å². The normalized spacial score (nSPS) is 11.5. The minimum absolute atomic E-state index is 0.107. The zero-order valence-corrected chi connectivity index (χ0v) is 18.6. The van der Waals surface area contributed by atoms with Crippen LogP contribution < -0.4 is 9.64 Å². The van der Waals surface area contributed by atoms with Gasteiger partial charge in [0.05, 0.1) is 10.6 Å². The van der Waals surface area contributed by atoms with E-state index < -0.39 is 23.1 Å². The number of carbonyl (C=O) groups excluding carboxylic acids is 1. The van der Waals surface area contributed by atoms with Crippen LogP contribution in [0.4, 0.5) is 16.3 Å². The number of rotatable bonds is 9. The highest BCUT2D eigenvalue weighted by molar-refractivity contribution is 5.87. The Morgan fingerprint density at radius 2 is 1.76 bits per heavy atom. The molecule has 0 aliphatic carbocycles. The SMILES string of the molecule is CCO[C@@H](Cc1ccc(-c2cccc(N(C)C(=O)Oc3ccc([N+](=O)[O-])cc3)n2)cc1)C(=O)O. The van der Waals surface area contributed by atoms with E-state index in [4.69, 9.17) is 9.47 Å². The van der Waals surface area contributed by atoms with E-state index in [0.29, 0.717) is 18.1 Å². The fourth-order valence-corrected chi connectivity index (χ4v) is 3.11. The molecule has 0 saturated carbocycles. The second kappa shape index (κ2) is 11.0. The van der Waals surface area contributed by atoms with Crippen LogP contribution in [0.3, 0.4) is 0 Å². The fraction of sp³-hybridized carbons (Fsp3) is 0.208. The molecule has 0 radical (unpaired) electrons. The quantitative estimate of drug-likeness (QED) is 0.365. The molecule has 0 aliphatic heterocycles. The molecule has 34 heavy (non-hydrogen) atoms. The molecule has 3 aromatic rings. The van der Waals surface area contributed by atoms with Gasteiger partial charge in [-0.15, -0.1) is 0 Å². The van der Waals surface area contributed by atoms with E-state index in [1.54, 1.807) is 25.1 Å². The Kier molecular flexibility index (Phi) is 7.88. The van der Waals surface area contributed by atoms with Crippen molar-refractivity contribution in [1.82, 2.24) is 4.98 Å². The van der Waals surface area contributed by atoms with Crippen LogP contribution >= 0.6 is 0 Å². The molecule has 176 valence electrons. The predicted molar refractivity (Wildman–Crippen MR) is 124 cm³/mol. The van der Waals surface area contributed by atoms with E-state index >= 15 is 0 Å². The number of ether oxygens (including phenoxy) is 2. The first kappa shape index (κ1) is 24.3. The van der Waals surface area contributed by atoms with Crippen LogP contribution in [0.25, 0.3) is 11.3 Å². The van der Waals surface area contributed by atoms with Crippen LogP contribution in [0.1, 0.15) is 12.5 Å². The van der Waals surface area contributed by atoms with Crippen molar-refractivity contribution in [3.05, 3.63) is 82.4 Å². The van der Waals surface area contributed by atoms with Gasteiger partial charge in [0.25, 0.3) is 5.69 Å². The van der Waals surface area contributed by atoms with Gasteiger partial charge >= 0.3 is 12.1 Å². The maximum Gasteiger partial charge on any atom is 0.420 e. The zero-order valence-electron chi connectivity index (χ0n) is 18.6. The molecule has 0 bridgehead atoms. The van der Waals surface area contributed by atoms with E-state index in [2.05, 4.69) is 4.98 Å². The first-order valence-corrected chi connectivity index (χ1v) is 10.4. The number of anilines is 1. The molecule has 1 N–H and O–H groups in total. The highest BCUT2D eigenvalue weighted by Crippen LogP contribution is 2.23. The Hall–Kier alpha value is -4.31. The van der Waals surface area contributed by atoms with Gasteiger partial charge in [-0.25, -0.2) is 14.6 Å². The maximum atomic E-state index is 12.5. The van der Waals surface area contributed by atoms with Crippen LogP contribution in [0.5, 0.6) is 5.75 Å². The average Bonchev–Trinajstić information content (AvgIpc) is 2.84. The van der Waals surface area contributed by atoms with E-state index in [1.165, 1.54) is 36.2 Å². The molecule has 0 unspecified atom stereocenters. The van der Waals surface area contributed by atoms with Crippen molar-refractivity contribution in [3.8, 4) is 17.0 Å². The Morgan fingerprint density at radius 1 is 1.09 bits per heavy atom. The highest BCUT2D eigenvalue weighted by Gasteiger charge is 2.19. The fourth-order valence-electron chi connectivity index (χ4n) is 3.11. The summed E-state index contributed by atoms with van der Waals surface area (Å²) in [5.74, 6) is -0.499. The molecule has 1 aromatic heterocycles. The summed E-state index contributed by atoms with van der Waals surface area (Å²) >= 11 is 0. The molecule has 3 rings (SSSR count). The topological polar surface area (TPSA) is 132 Å². The van der Waals surface area contributed by atoms with Gasteiger partial charge in [0, 0.05) is 37.8 Å². The molecule has 0 aliphatic rings. The van der Waals surface area contributed by atoms with E-state index in [0.717, 1.165) is 11.1 Å². The van der Waals surface area contributed by atoms with Gasteiger partial charge < -0.3 is 14.6 Å². The molecule has 1 heterocycles. The van der Waals surface area contributed by atoms with Gasteiger partial charge in [0.1, 0.15) is 11.6 Å². The van der Waals surface area contributed by atoms with Crippen molar-refractivity contribution < 1.29 is 29.1 Å². The lowest BCUT2D eigenvalue weighted by Gasteiger charge is -2.17. The second-order valence-electron chi connectivity index (χ2n) is 7.24. The summed E-state index contributed by atoms with van der Waals surface area (Å²) in [6.45, 7) is 2.06. The van der Waals surface area contributed by atoms with Gasteiger partial charge in [-0.2, -0.15) is 0 Å². The lowest BCUT2D eigenvalue weighted by molar-refractivity contribution is -0.384. The molecular weight excluding hydrogens is 442 g/mol. The second-order valence-corrected chi connectivity index (χ2v) is 7.24. The third kappa shape index (κ3) is 6.14. The Labute approximate surface area is 195 Å². The van der Waals surface area contributed by atoms with Gasteiger partial charge in [0.15, 0.2) is 6.10 Å². The predicted octanol–water partition coefficient (Wildman–Crippen LogP) is 4.32. The van der Waals surface area contributed by atoms with Gasteiger partial charge in [-0.05, 0) is 36.8 Å². The van der Waals surface area contributed by atoms with E-state index in [9.17, 15) is 24.8 Å². The first-order valence-electron chi connectivity index (χ1n) is 10.4. The summed E-state index contributed by atoms with van der Waals surface area (Å²) < 4.78 is 10.5. The Bertz CT molecular complexity index is 1160. The van der Waals surface area contributed by atoms with Gasteiger partial charge in [0.2, 0.25) is 0 Å². The van der Waals surface area contributed by atoms with Crippen LogP contribution in [0.15, 0.2) is 66.7 Å². The molecule has 1 amide bonds. The minimum Gasteiger partial charge on any atom is -0.479 e. The van der Waals surface area contributed by atoms with Crippen molar-refractivity contribution in [2.24, 2.45) is 0 Å². The standard InChI is InChI=1S/C24H23N3O7/c1-3-33-21(23(28)29)15-16-7-9-17(10-8-16)20-5-4-6-22(25-20)26(2)24(30)34-19-13-11-18(12-14-19)27(31)32/h4-14,21H,3,15H2,1-2H3,(H,28,29)/t21-/m0/s1. The number of hydrogen-bond acceptors (Lipinski definition) is 7. The van der Waals surface area contributed by atoms with Crippen LogP contribution in [-0.2, 0) is 16.0 Å². The van der Waals surface area contributed by atoms with Crippen molar-refractivity contribution in [2.45, 2.75) is 19.4 Å². The molecule has 0 fully saturated rings. The number of nitro groups is 1. The van der Waals surface area contributed by atoms with Crippen molar-refractivity contribution in [1.29, 1.82) is 0 Å². The van der Waals surface area contributed by atoms with E-state index in [-0.39, 0.29) is 17.9 Å². The Balaban J connectivity index is 1.70. The number of nitrogens with zero attached hydrogens (tertiary/aromatic N) is 3. The number of non-ortho nitro benzene ring substituents is 1. The number of nitro benzene ring substituents is 1. The summed E-state index contributed by atoms with van der Waals surface area (Å²) in [6.07, 6.45) is -1.37. The number of pyridine rings is 1. The summed E-state index contributed by atoms with van der Waals surface area (Å²) in [4.78, 5) is 39.7. The monoisotopic (exact) mass is 465 g/mol. The molecule has 10 heteroatoms. The zero-order chi connectivity index (χ0) is 24.7. The maximum absolute atomic E-state index is 12.5. The highest BCUT2D eigenvalue weighted by atomic mass is 16.6. The minimum atomic E-state index is -1.01. The summed E-state index contributed by atoms with van der Waals surface area (Å²) in [6, 6.07) is 17.6. The number of benzene rings is 2. The first-order chi connectivity index (χ1) is 16.3. The lowest BCUT2D eigenvalue weighted by atomic mass is 10.0. The summed E-state index contributed by atoms with van der Waals surface area (Å²) in [5, 5.41) is 20.0. The number of carboxylic acids is 1. The molecule has 0 spiro atoms. The summed E-state index contributed by atoms with van der Waals surface area (Å²) in [7, 11) is 1.50. The Morgan fingerprint density at radius 3 is 2.35 bits per heavy atom. The van der Waals surface area contributed by atoms with Gasteiger partial charge in [-0.1, -0.05) is 30.3 Å². The largest absolute Gasteiger partial charge is 0.479 e. The number of aromatic nitrogens is 1. The average molecular weight is 465 g/mol. The number of aliphatic carboxylic acids is 1. The van der Waals surface area contributed by atoms with Gasteiger partial charge in [-0.3, -0.25) is 15.0 Å². The van der Waals surface area contributed by atoms with Crippen LogP contribution in [-0.4, -0.2) is 46.8 Å². The van der Waals surface area contributed by atoms with Crippen molar-refractivity contribution in [3.63, 3.8) is 0 Å². The molecule has 2 aromatic carbocycles. The van der Waals surface area contributed by atoms with Crippen molar-refractivity contribution >= 4 is 23.6 Å². The van der Waals surface area contributed by atoms with Crippen LogP contribution in [0.2, 0.25) is 0 Å². The molecule has 1 atom stereocenters. The third-order valence-electron chi connectivity index (χ3n) is 4.92. The summed E-state index contributed by atoms with van der Waals surface area (Å²) in [5.41, 5.74) is 2.10. The molecular formula is C24H23N3O7. The lowest BCUT2D eigenvalue weighted by Crippen LogP contribution is -2.30. The molecule has 0 saturated heterocycles. The van der Waals surface area contributed by atoms with Crippen molar-refractivity contribution in [2.75, 3.05) is 18.6 Å². The molecule has 10 nitrogen and oxygen atoms in total. The number of carbonyl (C=O) groups is 2. The van der Waals surface area contributed by atoms with Crippen LogP contribution in [0, 0.1) is 10.1 Å². The number of carboxylic acid groups (broad SMARTS) is 1.